The Morgan fingerprint density at radius 2 is 2.06 bits per heavy atom. The SMILES string of the molecule is CCCCN(C)S(=O)(=O)N(C)Cc1ncc[nH]1. The molecule has 0 aliphatic carbocycles. The smallest absolute Gasteiger partial charge is 0.281 e. The molecule has 0 aliphatic heterocycles. The second kappa shape index (κ2) is 6.13. The molecule has 0 saturated carbocycles. The molecule has 17 heavy (non-hydrogen) atoms. The van der Waals surface area contributed by atoms with Gasteiger partial charge in [-0.3, -0.25) is 0 Å². The second-order valence-electron chi connectivity index (χ2n) is 3.97. The van der Waals surface area contributed by atoms with E-state index in [1.54, 1.807) is 26.5 Å². The minimum atomic E-state index is -3.38. The fourth-order valence-electron chi connectivity index (χ4n) is 1.41. The van der Waals surface area contributed by atoms with E-state index in [0.717, 1.165) is 12.8 Å². The highest BCUT2D eigenvalue weighted by Gasteiger charge is 2.23. The molecule has 1 aromatic rings. The van der Waals surface area contributed by atoms with E-state index < -0.39 is 10.2 Å². The topological polar surface area (TPSA) is 69.3 Å². The Bertz CT molecular complexity index is 416. The zero-order valence-electron chi connectivity index (χ0n) is 10.5. The fraction of sp³-hybridized carbons (Fsp3) is 0.700. The number of hydrogen-bond acceptors (Lipinski definition) is 3. The van der Waals surface area contributed by atoms with Crippen LogP contribution in [0, 0.1) is 0 Å². The molecule has 7 heteroatoms. The van der Waals surface area contributed by atoms with Crippen molar-refractivity contribution >= 4 is 10.2 Å². The molecule has 1 rings (SSSR count). The van der Waals surface area contributed by atoms with E-state index in [-0.39, 0.29) is 6.54 Å². The summed E-state index contributed by atoms with van der Waals surface area (Å²) >= 11 is 0. The minimum Gasteiger partial charge on any atom is -0.347 e. The predicted molar refractivity (Wildman–Crippen MR) is 66.5 cm³/mol. The van der Waals surface area contributed by atoms with E-state index in [0.29, 0.717) is 12.4 Å². The lowest BCUT2D eigenvalue weighted by Gasteiger charge is -2.23. The van der Waals surface area contributed by atoms with Crippen molar-refractivity contribution in [1.29, 1.82) is 0 Å². The number of aromatic amines is 1. The molecule has 0 aliphatic rings. The summed E-state index contributed by atoms with van der Waals surface area (Å²) in [6.07, 6.45) is 5.12. The zero-order chi connectivity index (χ0) is 12.9. The molecule has 0 radical (unpaired) electrons. The van der Waals surface area contributed by atoms with Crippen molar-refractivity contribution in [3.05, 3.63) is 18.2 Å². The van der Waals surface area contributed by atoms with Gasteiger partial charge in [-0.05, 0) is 6.42 Å². The van der Waals surface area contributed by atoms with Crippen LogP contribution in [-0.4, -0.2) is 47.6 Å². The predicted octanol–water partition coefficient (Wildman–Crippen LogP) is 0.818. The average Bonchev–Trinajstić information content (AvgIpc) is 2.78. The van der Waals surface area contributed by atoms with Crippen molar-refractivity contribution in [2.75, 3.05) is 20.6 Å². The van der Waals surface area contributed by atoms with Crippen LogP contribution in [0.25, 0.3) is 0 Å². The third-order valence-electron chi connectivity index (χ3n) is 2.54. The monoisotopic (exact) mass is 260 g/mol. The van der Waals surface area contributed by atoms with Gasteiger partial charge in [0.25, 0.3) is 10.2 Å². The number of rotatable bonds is 7. The molecule has 1 aromatic heterocycles. The van der Waals surface area contributed by atoms with Crippen LogP contribution >= 0.6 is 0 Å². The van der Waals surface area contributed by atoms with Crippen LogP contribution in [0.15, 0.2) is 12.4 Å². The van der Waals surface area contributed by atoms with Crippen LogP contribution in [0.4, 0.5) is 0 Å². The standard InChI is InChI=1S/C10H20N4O2S/c1-4-5-8-13(2)17(15,16)14(3)9-10-11-6-7-12-10/h6-7H,4-5,8-9H2,1-3H3,(H,11,12). The fourth-order valence-corrected chi connectivity index (χ4v) is 2.53. The average molecular weight is 260 g/mol. The maximum atomic E-state index is 12.1. The van der Waals surface area contributed by atoms with Gasteiger partial charge in [0, 0.05) is 33.0 Å². The summed E-state index contributed by atoms with van der Waals surface area (Å²) in [5, 5.41) is 0. The summed E-state index contributed by atoms with van der Waals surface area (Å²) in [7, 11) is -0.224. The molecule has 0 amide bonds. The highest BCUT2D eigenvalue weighted by molar-refractivity contribution is 7.86. The Balaban J connectivity index is 2.63. The van der Waals surface area contributed by atoms with Gasteiger partial charge in [-0.15, -0.1) is 0 Å². The lowest BCUT2D eigenvalue weighted by molar-refractivity contribution is 0.381. The molecule has 0 bridgehead atoms. The van der Waals surface area contributed by atoms with Gasteiger partial charge in [0.2, 0.25) is 0 Å². The molecule has 0 spiro atoms. The first-order valence-electron chi connectivity index (χ1n) is 5.64. The highest BCUT2D eigenvalue weighted by Crippen LogP contribution is 2.08. The number of nitrogens with zero attached hydrogens (tertiary/aromatic N) is 3. The molecule has 0 unspecified atom stereocenters. The Morgan fingerprint density at radius 3 is 2.59 bits per heavy atom. The van der Waals surface area contributed by atoms with Crippen LogP contribution in [-0.2, 0) is 16.8 Å². The van der Waals surface area contributed by atoms with Gasteiger partial charge in [0.1, 0.15) is 5.82 Å². The molecule has 0 atom stereocenters. The van der Waals surface area contributed by atoms with E-state index in [4.69, 9.17) is 0 Å². The molecule has 0 aromatic carbocycles. The molecular weight excluding hydrogens is 240 g/mol. The Labute approximate surface area is 103 Å². The molecule has 98 valence electrons. The Hall–Kier alpha value is -0.920. The van der Waals surface area contributed by atoms with Crippen molar-refractivity contribution in [1.82, 2.24) is 18.6 Å². The van der Waals surface area contributed by atoms with E-state index >= 15 is 0 Å². The van der Waals surface area contributed by atoms with E-state index in [9.17, 15) is 8.42 Å². The van der Waals surface area contributed by atoms with Crippen molar-refractivity contribution < 1.29 is 8.42 Å². The number of H-pyrrole nitrogens is 1. The van der Waals surface area contributed by atoms with Gasteiger partial charge in [0.05, 0.1) is 6.54 Å². The molecule has 0 fully saturated rings. The van der Waals surface area contributed by atoms with E-state index in [1.165, 1.54) is 8.61 Å². The second-order valence-corrected chi connectivity index (χ2v) is 6.12. The number of unbranched alkanes of at least 4 members (excludes halogenated alkanes) is 1. The van der Waals surface area contributed by atoms with Gasteiger partial charge in [0.15, 0.2) is 0 Å². The summed E-state index contributed by atoms with van der Waals surface area (Å²) in [6, 6.07) is 0. The molecule has 1 N–H and O–H groups in total. The third kappa shape index (κ3) is 3.79. The van der Waals surface area contributed by atoms with Gasteiger partial charge < -0.3 is 4.98 Å². The quantitative estimate of drug-likeness (QED) is 0.789. The lowest BCUT2D eigenvalue weighted by atomic mass is 10.3. The van der Waals surface area contributed by atoms with Crippen LogP contribution in [0.3, 0.4) is 0 Å². The first kappa shape index (κ1) is 14.1. The molecule has 6 nitrogen and oxygen atoms in total. The van der Waals surface area contributed by atoms with Crippen LogP contribution < -0.4 is 0 Å². The highest BCUT2D eigenvalue weighted by atomic mass is 32.2. The molecular formula is C10H20N4O2S. The van der Waals surface area contributed by atoms with Crippen LogP contribution in [0.1, 0.15) is 25.6 Å². The first-order valence-corrected chi connectivity index (χ1v) is 7.04. The van der Waals surface area contributed by atoms with Crippen molar-refractivity contribution in [3.63, 3.8) is 0 Å². The Kier molecular flexibility index (Phi) is 5.10. The summed E-state index contributed by atoms with van der Waals surface area (Å²) in [4.78, 5) is 6.90. The maximum absolute atomic E-state index is 12.1. The Morgan fingerprint density at radius 1 is 1.35 bits per heavy atom. The first-order chi connectivity index (χ1) is 7.98. The van der Waals surface area contributed by atoms with Gasteiger partial charge in [-0.25, -0.2) is 4.98 Å². The third-order valence-corrected chi connectivity index (χ3v) is 4.43. The maximum Gasteiger partial charge on any atom is 0.281 e. The van der Waals surface area contributed by atoms with Crippen molar-refractivity contribution in [3.8, 4) is 0 Å². The zero-order valence-corrected chi connectivity index (χ0v) is 11.4. The molecule has 1 heterocycles. The van der Waals surface area contributed by atoms with Crippen molar-refractivity contribution in [2.24, 2.45) is 0 Å². The number of imidazole rings is 1. The summed E-state index contributed by atoms with van der Waals surface area (Å²) in [6.45, 7) is 2.83. The van der Waals surface area contributed by atoms with Crippen LogP contribution in [0.5, 0.6) is 0 Å². The van der Waals surface area contributed by atoms with Gasteiger partial charge in [-0.1, -0.05) is 13.3 Å². The van der Waals surface area contributed by atoms with Gasteiger partial charge >= 0.3 is 0 Å². The number of hydrogen-bond donors (Lipinski definition) is 1. The summed E-state index contributed by atoms with van der Waals surface area (Å²) < 4.78 is 26.8. The summed E-state index contributed by atoms with van der Waals surface area (Å²) in [5.74, 6) is 0.639. The largest absolute Gasteiger partial charge is 0.347 e. The minimum absolute atomic E-state index is 0.256. The normalized spacial score (nSPS) is 12.5. The van der Waals surface area contributed by atoms with Crippen molar-refractivity contribution in [2.45, 2.75) is 26.3 Å². The lowest BCUT2D eigenvalue weighted by Crippen LogP contribution is -2.39. The molecule has 0 saturated heterocycles. The van der Waals surface area contributed by atoms with Gasteiger partial charge in [-0.2, -0.15) is 17.0 Å². The van der Waals surface area contributed by atoms with E-state index in [2.05, 4.69) is 9.97 Å². The van der Waals surface area contributed by atoms with Crippen LogP contribution in [0.2, 0.25) is 0 Å². The van der Waals surface area contributed by atoms with E-state index in [1.807, 2.05) is 6.92 Å². The number of nitrogens with one attached hydrogen (secondary N) is 1. The summed E-state index contributed by atoms with van der Waals surface area (Å²) in [5.41, 5.74) is 0. The number of aromatic nitrogens is 2.